The summed E-state index contributed by atoms with van der Waals surface area (Å²) in [5.74, 6) is -0.0877. The van der Waals surface area contributed by atoms with Gasteiger partial charge in [-0.1, -0.05) is 0 Å². The molecular weight excluding hydrogens is 190 g/mol. The van der Waals surface area contributed by atoms with Crippen LogP contribution in [0.3, 0.4) is 0 Å². The molecule has 15 heavy (non-hydrogen) atoms. The summed E-state index contributed by atoms with van der Waals surface area (Å²) in [4.78, 5) is 14.7. The predicted octanol–water partition coefficient (Wildman–Crippen LogP) is 1.41. The van der Waals surface area contributed by atoms with Crippen molar-refractivity contribution < 1.29 is 4.79 Å². The molecule has 5 N–H and O–H groups in total. The van der Waals surface area contributed by atoms with E-state index in [0.29, 0.717) is 22.5 Å². The number of nitrogen functional groups attached to an aromatic ring is 2. The van der Waals surface area contributed by atoms with Crippen molar-refractivity contribution in [2.24, 2.45) is 0 Å². The highest BCUT2D eigenvalue weighted by Crippen LogP contribution is 2.16. The van der Waals surface area contributed by atoms with Crippen LogP contribution in [-0.2, 0) is 0 Å². The molecule has 0 amide bonds. The topological polar surface area (TPSA) is 84.9 Å². The summed E-state index contributed by atoms with van der Waals surface area (Å²) in [5.41, 5.74) is 13.3. The van der Waals surface area contributed by atoms with Crippen LogP contribution in [0.5, 0.6) is 0 Å². The van der Waals surface area contributed by atoms with Crippen molar-refractivity contribution >= 4 is 17.2 Å². The fourth-order valence-electron chi connectivity index (χ4n) is 1.44. The first-order chi connectivity index (χ1) is 7.16. The van der Waals surface area contributed by atoms with E-state index in [4.69, 9.17) is 11.5 Å². The molecule has 1 heterocycles. The number of H-pyrrole nitrogens is 1. The number of nitrogens with one attached hydrogen (secondary N) is 1. The number of aromatic amines is 1. The number of ketones is 1. The highest BCUT2D eigenvalue weighted by molar-refractivity contribution is 6.09. The van der Waals surface area contributed by atoms with Crippen molar-refractivity contribution in [3.63, 3.8) is 0 Å². The van der Waals surface area contributed by atoms with Crippen molar-refractivity contribution in [2.75, 3.05) is 11.5 Å². The third kappa shape index (κ3) is 1.83. The van der Waals surface area contributed by atoms with Gasteiger partial charge in [-0.15, -0.1) is 0 Å². The van der Waals surface area contributed by atoms with Crippen LogP contribution in [0, 0.1) is 0 Å². The third-order valence-electron chi connectivity index (χ3n) is 2.10. The molecule has 2 rings (SSSR count). The largest absolute Gasteiger partial charge is 0.399 e. The average Bonchev–Trinajstić information content (AvgIpc) is 2.67. The predicted molar refractivity (Wildman–Crippen MR) is 59.5 cm³/mol. The highest BCUT2D eigenvalue weighted by Gasteiger charge is 2.10. The summed E-state index contributed by atoms with van der Waals surface area (Å²) in [6.07, 6.45) is 3.34. The number of hydrogen-bond acceptors (Lipinski definition) is 3. The van der Waals surface area contributed by atoms with Gasteiger partial charge < -0.3 is 16.5 Å². The van der Waals surface area contributed by atoms with E-state index in [1.54, 1.807) is 36.7 Å². The van der Waals surface area contributed by atoms with E-state index in [2.05, 4.69) is 4.98 Å². The van der Waals surface area contributed by atoms with Crippen LogP contribution in [0.1, 0.15) is 15.9 Å². The smallest absolute Gasteiger partial charge is 0.194 e. The normalized spacial score (nSPS) is 10.1. The minimum atomic E-state index is -0.0877. The van der Waals surface area contributed by atoms with Crippen LogP contribution >= 0.6 is 0 Å². The Bertz CT molecular complexity index is 468. The molecule has 0 atom stereocenters. The molecule has 0 bridgehead atoms. The van der Waals surface area contributed by atoms with E-state index in [1.807, 2.05) is 0 Å². The molecule has 2 aromatic rings. The van der Waals surface area contributed by atoms with E-state index >= 15 is 0 Å². The maximum absolute atomic E-state index is 11.9. The Hall–Kier alpha value is -2.23. The lowest BCUT2D eigenvalue weighted by atomic mass is 10.0. The fourth-order valence-corrected chi connectivity index (χ4v) is 1.44. The monoisotopic (exact) mass is 201 g/mol. The van der Waals surface area contributed by atoms with Crippen LogP contribution in [-0.4, -0.2) is 10.8 Å². The van der Waals surface area contributed by atoms with Gasteiger partial charge in [0.2, 0.25) is 0 Å². The summed E-state index contributed by atoms with van der Waals surface area (Å²) >= 11 is 0. The van der Waals surface area contributed by atoms with Crippen molar-refractivity contribution in [3.8, 4) is 0 Å². The van der Waals surface area contributed by atoms with E-state index < -0.39 is 0 Å². The van der Waals surface area contributed by atoms with Gasteiger partial charge in [0.15, 0.2) is 5.78 Å². The average molecular weight is 201 g/mol. The Morgan fingerprint density at radius 3 is 2.27 bits per heavy atom. The van der Waals surface area contributed by atoms with Crippen LogP contribution < -0.4 is 11.5 Å². The maximum atomic E-state index is 11.9. The van der Waals surface area contributed by atoms with Gasteiger partial charge in [-0.2, -0.15) is 0 Å². The quantitative estimate of drug-likeness (QED) is 0.507. The number of carbonyl (C=O) groups is 1. The van der Waals surface area contributed by atoms with Gasteiger partial charge >= 0.3 is 0 Å². The Morgan fingerprint density at radius 1 is 1.07 bits per heavy atom. The second-order valence-electron chi connectivity index (χ2n) is 3.32. The van der Waals surface area contributed by atoms with Crippen LogP contribution in [0.4, 0.5) is 11.4 Å². The molecular formula is C11H11N3O. The minimum absolute atomic E-state index is 0.0877. The Kier molecular flexibility index (Phi) is 2.17. The number of rotatable bonds is 2. The molecule has 0 aliphatic rings. The summed E-state index contributed by atoms with van der Waals surface area (Å²) in [7, 11) is 0. The molecule has 76 valence electrons. The van der Waals surface area contributed by atoms with E-state index in [1.165, 1.54) is 0 Å². The molecule has 0 aliphatic carbocycles. The second kappa shape index (κ2) is 3.49. The fraction of sp³-hybridized carbons (Fsp3) is 0. The van der Waals surface area contributed by atoms with Gasteiger partial charge in [-0.25, -0.2) is 0 Å². The molecule has 0 fully saturated rings. The molecule has 4 nitrogen and oxygen atoms in total. The summed E-state index contributed by atoms with van der Waals surface area (Å²) in [6, 6.07) is 6.56. The number of anilines is 2. The first-order valence-corrected chi connectivity index (χ1v) is 4.50. The summed E-state index contributed by atoms with van der Waals surface area (Å²) in [5, 5.41) is 0. The first kappa shape index (κ1) is 9.33. The van der Waals surface area contributed by atoms with Crippen LogP contribution in [0.2, 0.25) is 0 Å². The first-order valence-electron chi connectivity index (χ1n) is 4.50. The van der Waals surface area contributed by atoms with Crippen LogP contribution in [0.25, 0.3) is 0 Å². The molecule has 0 saturated heterocycles. The lowest BCUT2D eigenvalue weighted by Gasteiger charge is -2.02. The lowest BCUT2D eigenvalue weighted by molar-refractivity contribution is 0.103. The second-order valence-corrected chi connectivity index (χ2v) is 3.32. The number of aromatic nitrogens is 1. The SMILES string of the molecule is Nc1cc(N)cc(C(=O)c2cc[nH]c2)c1. The Morgan fingerprint density at radius 2 is 1.73 bits per heavy atom. The number of benzene rings is 1. The molecule has 0 radical (unpaired) electrons. The van der Waals surface area contributed by atoms with Crippen molar-refractivity contribution in [1.82, 2.24) is 4.98 Å². The van der Waals surface area contributed by atoms with Gasteiger partial charge in [0.1, 0.15) is 0 Å². The van der Waals surface area contributed by atoms with Crippen molar-refractivity contribution in [2.45, 2.75) is 0 Å². The molecule has 0 saturated carbocycles. The van der Waals surface area contributed by atoms with Gasteiger partial charge in [0.05, 0.1) is 0 Å². The van der Waals surface area contributed by atoms with Crippen molar-refractivity contribution in [1.29, 1.82) is 0 Å². The molecule has 4 heteroatoms. The highest BCUT2D eigenvalue weighted by atomic mass is 16.1. The zero-order valence-corrected chi connectivity index (χ0v) is 8.03. The van der Waals surface area contributed by atoms with E-state index in [-0.39, 0.29) is 5.78 Å². The molecule has 1 aromatic heterocycles. The zero-order valence-electron chi connectivity index (χ0n) is 8.03. The lowest BCUT2D eigenvalue weighted by Crippen LogP contribution is -2.02. The zero-order chi connectivity index (χ0) is 10.8. The molecule has 0 aliphatic heterocycles. The Labute approximate surface area is 86.9 Å². The maximum Gasteiger partial charge on any atom is 0.194 e. The summed E-state index contributed by atoms with van der Waals surface area (Å²) in [6.45, 7) is 0. The number of nitrogens with two attached hydrogens (primary N) is 2. The summed E-state index contributed by atoms with van der Waals surface area (Å²) < 4.78 is 0. The van der Waals surface area contributed by atoms with Gasteiger partial charge in [0, 0.05) is 34.9 Å². The molecule has 1 aromatic carbocycles. The third-order valence-corrected chi connectivity index (χ3v) is 2.10. The van der Waals surface area contributed by atoms with Crippen molar-refractivity contribution in [3.05, 3.63) is 47.8 Å². The van der Waals surface area contributed by atoms with Gasteiger partial charge in [-0.05, 0) is 24.3 Å². The van der Waals surface area contributed by atoms with E-state index in [9.17, 15) is 4.79 Å². The van der Waals surface area contributed by atoms with Gasteiger partial charge in [-0.3, -0.25) is 4.79 Å². The number of carbonyl (C=O) groups excluding carboxylic acids is 1. The van der Waals surface area contributed by atoms with Gasteiger partial charge in [0.25, 0.3) is 0 Å². The minimum Gasteiger partial charge on any atom is -0.399 e. The number of hydrogen-bond donors (Lipinski definition) is 3. The molecule has 0 spiro atoms. The standard InChI is InChI=1S/C11H11N3O/c12-9-3-8(4-10(13)5-9)11(15)7-1-2-14-6-7/h1-6,14H,12-13H2. The van der Waals surface area contributed by atoms with E-state index in [0.717, 1.165) is 0 Å². The Balaban J connectivity index is 2.42. The van der Waals surface area contributed by atoms with Crippen LogP contribution in [0.15, 0.2) is 36.7 Å². The molecule has 0 unspecified atom stereocenters.